The topological polar surface area (TPSA) is 0 Å². The molecule has 0 bridgehead atoms. The summed E-state index contributed by atoms with van der Waals surface area (Å²) in [5.41, 5.74) is 1.38. The normalized spacial score (nSPS) is 18.4. The summed E-state index contributed by atoms with van der Waals surface area (Å²) < 4.78 is 0. The van der Waals surface area contributed by atoms with E-state index in [0.717, 1.165) is 5.25 Å². The van der Waals surface area contributed by atoms with Crippen LogP contribution in [0.25, 0.3) is 0 Å². The number of hydrogen-bond acceptors (Lipinski definition) is 1. The lowest BCUT2D eigenvalue weighted by Gasteiger charge is -2.21. The maximum atomic E-state index is 3.12. The van der Waals surface area contributed by atoms with Gasteiger partial charge in [0.2, 0.25) is 0 Å². The highest BCUT2D eigenvalue weighted by Gasteiger charge is 2.14. The minimum absolute atomic E-state index is 0.866. The number of benzene rings is 1. The van der Waals surface area contributed by atoms with Gasteiger partial charge in [-0.25, -0.2) is 0 Å². The highest BCUT2D eigenvalue weighted by atomic mass is 32.2. The summed E-state index contributed by atoms with van der Waals surface area (Å²) in [5.74, 6) is 0. The van der Waals surface area contributed by atoms with Crippen molar-refractivity contribution in [3.8, 4) is 0 Å². The molecule has 0 atom stereocenters. The first-order valence-electron chi connectivity index (χ1n) is 5.49. The largest absolute Gasteiger partial charge is 0.122 e. The molecule has 0 N–H and O–H groups in total. The van der Waals surface area contributed by atoms with Crippen LogP contribution >= 0.6 is 11.8 Å². The fourth-order valence-electron chi connectivity index (χ4n) is 1.99. The van der Waals surface area contributed by atoms with E-state index < -0.39 is 0 Å². The fourth-order valence-corrected chi connectivity index (χ4v) is 3.31. The molecule has 1 fully saturated rings. The molecule has 0 aromatic heterocycles. The van der Waals surface area contributed by atoms with Crippen molar-refractivity contribution in [2.75, 3.05) is 0 Å². The second kappa shape index (κ2) is 4.88. The molecule has 0 saturated heterocycles. The van der Waals surface area contributed by atoms with Gasteiger partial charge >= 0.3 is 0 Å². The molecule has 1 radical (unpaired) electrons. The Kier molecular flexibility index (Phi) is 3.52. The van der Waals surface area contributed by atoms with Gasteiger partial charge in [0.25, 0.3) is 0 Å². The maximum Gasteiger partial charge on any atom is 0.0104 e. The third-order valence-electron chi connectivity index (χ3n) is 2.87. The zero-order valence-electron chi connectivity index (χ0n) is 8.75. The predicted molar refractivity (Wildman–Crippen MR) is 62.7 cm³/mol. The quantitative estimate of drug-likeness (QED) is 0.696. The zero-order chi connectivity index (χ0) is 9.80. The molecular weight excluding hydrogens is 188 g/mol. The van der Waals surface area contributed by atoms with E-state index in [2.05, 4.69) is 36.9 Å². The Labute approximate surface area is 91.1 Å². The summed E-state index contributed by atoms with van der Waals surface area (Å²) >= 11 is 2.07. The first-order valence-corrected chi connectivity index (χ1v) is 6.37. The molecule has 1 aliphatic carbocycles. The van der Waals surface area contributed by atoms with Gasteiger partial charge in [-0.15, -0.1) is 11.8 Å². The van der Waals surface area contributed by atoms with Gasteiger partial charge in [-0.1, -0.05) is 31.4 Å². The fraction of sp³-hybridized carbons (Fsp3) is 0.538. The maximum absolute atomic E-state index is 3.12. The molecule has 0 aliphatic heterocycles. The van der Waals surface area contributed by atoms with Gasteiger partial charge in [-0.05, 0) is 37.5 Å². The summed E-state index contributed by atoms with van der Waals surface area (Å²) in [6, 6.07) is 9.44. The lowest BCUT2D eigenvalue weighted by atomic mass is 10.0. The van der Waals surface area contributed by atoms with Crippen LogP contribution in [0.4, 0.5) is 0 Å². The van der Waals surface area contributed by atoms with Gasteiger partial charge in [0.05, 0.1) is 0 Å². The molecule has 1 saturated carbocycles. The number of rotatable bonds is 2. The molecule has 0 heterocycles. The van der Waals surface area contributed by atoms with E-state index in [9.17, 15) is 0 Å². The lowest BCUT2D eigenvalue weighted by Crippen LogP contribution is -2.07. The van der Waals surface area contributed by atoms with Crippen molar-refractivity contribution in [3.63, 3.8) is 0 Å². The van der Waals surface area contributed by atoms with Crippen LogP contribution in [0.5, 0.6) is 0 Å². The van der Waals surface area contributed by atoms with E-state index in [-0.39, 0.29) is 0 Å². The van der Waals surface area contributed by atoms with Crippen LogP contribution in [0, 0.1) is 13.0 Å². The van der Waals surface area contributed by atoms with Crippen molar-refractivity contribution < 1.29 is 0 Å². The van der Waals surface area contributed by atoms with Crippen LogP contribution < -0.4 is 0 Å². The molecule has 2 rings (SSSR count). The molecular formula is C13H17S. The predicted octanol–water partition coefficient (Wildman–Crippen LogP) is 4.22. The minimum Gasteiger partial charge on any atom is -0.122 e. The van der Waals surface area contributed by atoms with Crippen molar-refractivity contribution >= 4 is 11.8 Å². The minimum atomic E-state index is 0.866. The Morgan fingerprint density at radius 2 is 2.07 bits per heavy atom. The molecule has 0 amide bonds. The first kappa shape index (κ1) is 10.1. The van der Waals surface area contributed by atoms with Crippen molar-refractivity contribution in [1.29, 1.82) is 0 Å². The van der Waals surface area contributed by atoms with Crippen LogP contribution in [0.3, 0.4) is 0 Å². The molecule has 1 aliphatic rings. The summed E-state index contributed by atoms with van der Waals surface area (Å²) in [6.45, 7) is 2.18. The number of thioether (sulfide) groups is 1. The third kappa shape index (κ3) is 2.54. The highest BCUT2D eigenvalue weighted by molar-refractivity contribution is 8.00. The van der Waals surface area contributed by atoms with Crippen LogP contribution in [0.15, 0.2) is 23.1 Å². The monoisotopic (exact) mass is 205 g/mol. The molecule has 14 heavy (non-hydrogen) atoms. The van der Waals surface area contributed by atoms with Crippen molar-refractivity contribution in [2.45, 2.75) is 49.2 Å². The van der Waals surface area contributed by atoms with E-state index in [1.165, 1.54) is 42.6 Å². The SMILES string of the molecule is Cc1c[c]ccc1SC1CCCCC1. The van der Waals surface area contributed by atoms with E-state index in [0.29, 0.717) is 0 Å². The first-order chi connectivity index (χ1) is 6.86. The van der Waals surface area contributed by atoms with Crippen molar-refractivity contribution in [1.82, 2.24) is 0 Å². The second-order valence-electron chi connectivity index (χ2n) is 4.07. The van der Waals surface area contributed by atoms with E-state index in [4.69, 9.17) is 0 Å². The Morgan fingerprint density at radius 3 is 2.79 bits per heavy atom. The summed E-state index contributed by atoms with van der Waals surface area (Å²) in [5, 5.41) is 0.866. The standard InChI is InChI=1S/C13H17S/c1-11-7-5-6-10-13(11)14-12-8-3-2-4-9-12/h6-7,10,12H,2-4,8-9H2,1H3. The van der Waals surface area contributed by atoms with Crippen LogP contribution in [0.2, 0.25) is 0 Å². The molecule has 0 unspecified atom stereocenters. The Hall–Kier alpha value is -0.430. The number of aryl methyl sites for hydroxylation is 1. The Bertz CT molecular complexity index is 287. The van der Waals surface area contributed by atoms with E-state index in [1.54, 1.807) is 0 Å². The molecule has 0 spiro atoms. The average molecular weight is 205 g/mol. The van der Waals surface area contributed by atoms with Crippen molar-refractivity contribution in [2.24, 2.45) is 0 Å². The van der Waals surface area contributed by atoms with Gasteiger partial charge in [0.15, 0.2) is 0 Å². The summed E-state index contributed by atoms with van der Waals surface area (Å²) in [4.78, 5) is 1.45. The van der Waals surface area contributed by atoms with Gasteiger partial charge in [0.1, 0.15) is 0 Å². The Morgan fingerprint density at radius 1 is 1.29 bits per heavy atom. The van der Waals surface area contributed by atoms with Crippen LogP contribution in [-0.2, 0) is 0 Å². The molecule has 0 nitrogen and oxygen atoms in total. The zero-order valence-corrected chi connectivity index (χ0v) is 9.57. The molecule has 1 aromatic rings. The molecule has 1 heteroatoms. The molecule has 1 aromatic carbocycles. The van der Waals surface area contributed by atoms with Gasteiger partial charge in [-0.3, -0.25) is 0 Å². The van der Waals surface area contributed by atoms with Gasteiger partial charge in [0, 0.05) is 10.1 Å². The lowest BCUT2D eigenvalue weighted by molar-refractivity contribution is 0.516. The van der Waals surface area contributed by atoms with Crippen molar-refractivity contribution in [3.05, 3.63) is 29.8 Å². The number of hydrogen-bond donors (Lipinski definition) is 0. The van der Waals surface area contributed by atoms with Gasteiger partial charge in [-0.2, -0.15) is 0 Å². The van der Waals surface area contributed by atoms with Crippen LogP contribution in [-0.4, -0.2) is 5.25 Å². The highest BCUT2D eigenvalue weighted by Crippen LogP contribution is 2.34. The average Bonchev–Trinajstić information content (AvgIpc) is 2.23. The third-order valence-corrected chi connectivity index (χ3v) is 4.38. The van der Waals surface area contributed by atoms with Crippen LogP contribution in [0.1, 0.15) is 37.7 Å². The Balaban J connectivity index is 1.99. The smallest absolute Gasteiger partial charge is 0.0104 e. The summed E-state index contributed by atoms with van der Waals surface area (Å²) in [7, 11) is 0. The van der Waals surface area contributed by atoms with Gasteiger partial charge < -0.3 is 0 Å². The van der Waals surface area contributed by atoms with E-state index in [1.807, 2.05) is 6.07 Å². The second-order valence-corrected chi connectivity index (χ2v) is 5.41. The molecule has 75 valence electrons. The van der Waals surface area contributed by atoms with E-state index >= 15 is 0 Å². The summed E-state index contributed by atoms with van der Waals surface area (Å²) in [6.07, 6.45) is 7.11.